The third-order valence-corrected chi connectivity index (χ3v) is 5.10. The smallest absolute Gasteiger partial charge is 0.271 e. The fourth-order valence-electron chi connectivity index (χ4n) is 3.49. The van der Waals surface area contributed by atoms with Gasteiger partial charge in [-0.15, -0.1) is 0 Å². The average molecular weight is 420 g/mol. The van der Waals surface area contributed by atoms with Crippen LogP contribution < -0.4 is 14.2 Å². The van der Waals surface area contributed by atoms with Crippen LogP contribution in [0.5, 0.6) is 17.2 Å². The Balaban J connectivity index is 1.65. The van der Waals surface area contributed by atoms with Crippen molar-refractivity contribution < 1.29 is 23.4 Å². The molecule has 0 aliphatic carbocycles. The van der Waals surface area contributed by atoms with Crippen LogP contribution in [0.4, 0.5) is 0 Å². The molecule has 1 amide bonds. The van der Waals surface area contributed by atoms with Gasteiger partial charge < -0.3 is 28.5 Å². The van der Waals surface area contributed by atoms with Crippen molar-refractivity contribution in [3.05, 3.63) is 77.9 Å². The number of amides is 1. The van der Waals surface area contributed by atoms with Crippen molar-refractivity contribution in [2.75, 3.05) is 21.3 Å². The van der Waals surface area contributed by atoms with Gasteiger partial charge in [-0.2, -0.15) is 0 Å². The lowest BCUT2D eigenvalue weighted by Gasteiger charge is -2.21. The van der Waals surface area contributed by atoms with E-state index >= 15 is 0 Å². The maximum Gasteiger partial charge on any atom is 0.271 e. The van der Waals surface area contributed by atoms with Gasteiger partial charge in [0.05, 0.1) is 34.1 Å². The van der Waals surface area contributed by atoms with Gasteiger partial charge in [-0.1, -0.05) is 12.1 Å². The Bertz CT molecular complexity index is 1120. The second kappa shape index (κ2) is 8.87. The van der Waals surface area contributed by atoms with Crippen molar-refractivity contribution in [3.63, 3.8) is 0 Å². The van der Waals surface area contributed by atoms with E-state index < -0.39 is 0 Å². The molecule has 1 N–H and O–H groups in total. The molecule has 31 heavy (non-hydrogen) atoms. The van der Waals surface area contributed by atoms with Crippen LogP contribution in [0.3, 0.4) is 0 Å². The third kappa shape index (κ3) is 4.35. The molecule has 2 heterocycles. The molecule has 4 aromatic rings. The van der Waals surface area contributed by atoms with Crippen LogP contribution in [0.2, 0.25) is 0 Å². The molecule has 0 spiro atoms. The van der Waals surface area contributed by atoms with Crippen LogP contribution in [-0.4, -0.2) is 37.1 Å². The van der Waals surface area contributed by atoms with Gasteiger partial charge in [0.15, 0.2) is 11.5 Å². The minimum absolute atomic E-state index is 0.138. The Morgan fingerprint density at radius 1 is 0.935 bits per heavy atom. The van der Waals surface area contributed by atoms with Crippen LogP contribution >= 0.6 is 0 Å². The summed E-state index contributed by atoms with van der Waals surface area (Å²) in [6.07, 6.45) is 1.60. The fraction of sp³-hybridized carbons (Fsp3) is 0.208. The Hall–Kier alpha value is -3.87. The fourth-order valence-corrected chi connectivity index (χ4v) is 3.49. The number of nitrogens with one attached hydrogen (secondary N) is 1. The number of fused-ring (bicyclic) bond motifs is 1. The predicted molar refractivity (Wildman–Crippen MR) is 117 cm³/mol. The molecule has 0 aliphatic rings. The van der Waals surface area contributed by atoms with E-state index in [0.717, 1.165) is 22.2 Å². The zero-order valence-corrected chi connectivity index (χ0v) is 17.7. The molecule has 160 valence electrons. The zero-order chi connectivity index (χ0) is 21.8. The number of rotatable bonds is 8. The molecule has 0 bridgehead atoms. The second-order valence-corrected chi connectivity index (χ2v) is 7.07. The largest absolute Gasteiger partial charge is 0.497 e. The number of furan rings is 1. The van der Waals surface area contributed by atoms with Gasteiger partial charge in [0, 0.05) is 23.5 Å². The number of nitrogens with zero attached hydrogens (tertiary/aromatic N) is 1. The van der Waals surface area contributed by atoms with E-state index in [-0.39, 0.29) is 5.91 Å². The summed E-state index contributed by atoms with van der Waals surface area (Å²) < 4.78 is 21.5. The van der Waals surface area contributed by atoms with Crippen LogP contribution in [0.25, 0.3) is 10.9 Å². The SMILES string of the molecule is COc1ccc(CN(Cc2ccco2)C(=O)c2cc3cc(OC)c(OC)cc3[nH]2)cc1. The van der Waals surface area contributed by atoms with Crippen molar-refractivity contribution in [1.29, 1.82) is 0 Å². The lowest BCUT2D eigenvalue weighted by atomic mass is 10.2. The molecule has 0 atom stereocenters. The van der Waals surface area contributed by atoms with Crippen molar-refractivity contribution in [1.82, 2.24) is 9.88 Å². The van der Waals surface area contributed by atoms with Gasteiger partial charge >= 0.3 is 0 Å². The molecule has 7 heteroatoms. The first kappa shape index (κ1) is 20.4. The van der Waals surface area contributed by atoms with Crippen LogP contribution in [0.15, 0.2) is 65.3 Å². The summed E-state index contributed by atoms with van der Waals surface area (Å²) in [7, 11) is 4.79. The van der Waals surface area contributed by atoms with E-state index in [1.165, 1.54) is 0 Å². The zero-order valence-electron chi connectivity index (χ0n) is 17.7. The number of ether oxygens (including phenoxy) is 3. The van der Waals surface area contributed by atoms with Gasteiger partial charge in [0.1, 0.15) is 17.2 Å². The number of hydrogen-bond acceptors (Lipinski definition) is 5. The van der Waals surface area contributed by atoms with Crippen LogP contribution in [0.1, 0.15) is 21.8 Å². The number of aromatic nitrogens is 1. The Labute approximate surface area is 180 Å². The molecule has 0 aliphatic heterocycles. The number of carbonyl (C=O) groups excluding carboxylic acids is 1. The summed E-state index contributed by atoms with van der Waals surface area (Å²) in [5.41, 5.74) is 2.26. The molecule has 0 saturated carbocycles. The van der Waals surface area contributed by atoms with E-state index in [4.69, 9.17) is 18.6 Å². The van der Waals surface area contributed by atoms with Gasteiger partial charge in [-0.05, 0) is 42.0 Å². The normalized spacial score (nSPS) is 10.8. The molecular weight excluding hydrogens is 396 g/mol. The average Bonchev–Trinajstić information content (AvgIpc) is 3.47. The molecule has 4 rings (SSSR count). The lowest BCUT2D eigenvalue weighted by molar-refractivity contribution is 0.0712. The Morgan fingerprint density at radius 2 is 1.68 bits per heavy atom. The van der Waals surface area contributed by atoms with Crippen molar-refractivity contribution in [2.45, 2.75) is 13.1 Å². The standard InChI is InChI=1S/C24H24N2O5/c1-28-18-8-6-16(7-9-18)14-26(15-19-5-4-10-31-19)24(27)21-11-17-12-22(29-2)23(30-3)13-20(17)25-21/h4-13,25H,14-15H2,1-3H3. The molecule has 0 saturated heterocycles. The van der Waals surface area contributed by atoms with Gasteiger partial charge in [0.2, 0.25) is 0 Å². The van der Waals surface area contributed by atoms with Gasteiger partial charge in [-0.25, -0.2) is 0 Å². The number of aromatic amines is 1. The molecule has 0 radical (unpaired) electrons. The maximum absolute atomic E-state index is 13.4. The van der Waals surface area contributed by atoms with Crippen LogP contribution in [-0.2, 0) is 13.1 Å². The predicted octanol–water partition coefficient (Wildman–Crippen LogP) is 4.63. The summed E-state index contributed by atoms with van der Waals surface area (Å²) in [6.45, 7) is 0.769. The first-order chi connectivity index (χ1) is 15.1. The minimum atomic E-state index is -0.138. The number of methoxy groups -OCH3 is 3. The summed E-state index contributed by atoms with van der Waals surface area (Å²) in [5.74, 6) is 2.55. The van der Waals surface area contributed by atoms with E-state index in [1.807, 2.05) is 54.6 Å². The highest BCUT2D eigenvalue weighted by atomic mass is 16.5. The quantitative estimate of drug-likeness (QED) is 0.450. The van der Waals surface area contributed by atoms with E-state index in [2.05, 4.69) is 4.98 Å². The van der Waals surface area contributed by atoms with Gasteiger partial charge in [0.25, 0.3) is 5.91 Å². The van der Waals surface area contributed by atoms with Crippen molar-refractivity contribution >= 4 is 16.8 Å². The minimum Gasteiger partial charge on any atom is -0.497 e. The third-order valence-electron chi connectivity index (χ3n) is 5.10. The maximum atomic E-state index is 13.4. The van der Waals surface area contributed by atoms with Crippen molar-refractivity contribution in [3.8, 4) is 17.2 Å². The highest BCUT2D eigenvalue weighted by molar-refractivity contribution is 5.98. The summed E-state index contributed by atoms with van der Waals surface area (Å²) in [4.78, 5) is 18.4. The molecule has 0 unspecified atom stereocenters. The lowest BCUT2D eigenvalue weighted by Crippen LogP contribution is -2.30. The topological polar surface area (TPSA) is 76.9 Å². The molecular formula is C24H24N2O5. The van der Waals surface area contributed by atoms with Gasteiger partial charge in [-0.3, -0.25) is 4.79 Å². The highest BCUT2D eigenvalue weighted by Gasteiger charge is 2.21. The number of benzene rings is 2. The summed E-state index contributed by atoms with van der Waals surface area (Å²) in [6, 6.07) is 16.8. The first-order valence-electron chi connectivity index (χ1n) is 9.80. The molecule has 2 aromatic heterocycles. The van der Waals surface area contributed by atoms with Crippen molar-refractivity contribution in [2.24, 2.45) is 0 Å². The number of hydrogen-bond donors (Lipinski definition) is 1. The summed E-state index contributed by atoms with van der Waals surface area (Å²) in [5, 5.41) is 0.864. The Kier molecular flexibility index (Phi) is 5.84. The highest BCUT2D eigenvalue weighted by Crippen LogP contribution is 2.32. The summed E-state index contributed by atoms with van der Waals surface area (Å²) >= 11 is 0. The van der Waals surface area contributed by atoms with E-state index in [1.54, 1.807) is 32.5 Å². The van der Waals surface area contributed by atoms with E-state index in [0.29, 0.717) is 36.0 Å². The number of carbonyl (C=O) groups is 1. The molecule has 7 nitrogen and oxygen atoms in total. The Morgan fingerprint density at radius 3 is 2.32 bits per heavy atom. The monoisotopic (exact) mass is 420 g/mol. The van der Waals surface area contributed by atoms with Crippen LogP contribution in [0, 0.1) is 0 Å². The molecule has 2 aromatic carbocycles. The molecule has 0 fully saturated rings. The van der Waals surface area contributed by atoms with E-state index in [9.17, 15) is 4.79 Å². The number of H-pyrrole nitrogens is 1. The first-order valence-corrected chi connectivity index (χ1v) is 9.80. The second-order valence-electron chi connectivity index (χ2n) is 7.07.